The Hall–Kier alpha value is -1.14. The number of piperidine rings is 1. The number of hydrogen-bond acceptors (Lipinski definition) is 4. The molecule has 0 amide bonds. The largest absolute Gasteiger partial charge is 0.358 e. The summed E-state index contributed by atoms with van der Waals surface area (Å²) >= 11 is 11.4. The molecule has 22 heavy (non-hydrogen) atoms. The fraction of sp³-hybridized carbons (Fsp3) is 0.667. The molecule has 0 saturated carbocycles. The van der Waals surface area contributed by atoms with E-state index < -0.39 is 0 Å². The van der Waals surface area contributed by atoms with Crippen LogP contribution in [0.1, 0.15) is 40.5 Å². The van der Waals surface area contributed by atoms with Crippen molar-refractivity contribution in [2.45, 2.75) is 46.1 Å². The SMILES string of the molecule is CC1CCCN(c2cc(Cl)nc(NC(=S)NC(C)(C)C)n2)C1. The number of hydrogen-bond donors (Lipinski definition) is 2. The molecule has 2 heterocycles. The van der Waals surface area contributed by atoms with E-state index in [1.165, 1.54) is 12.8 Å². The minimum Gasteiger partial charge on any atom is -0.358 e. The Labute approximate surface area is 142 Å². The van der Waals surface area contributed by atoms with Gasteiger partial charge in [-0.2, -0.15) is 4.98 Å². The molecule has 5 nitrogen and oxygen atoms in total. The van der Waals surface area contributed by atoms with E-state index in [1.807, 2.05) is 26.8 Å². The van der Waals surface area contributed by atoms with Crippen LogP contribution in [-0.4, -0.2) is 33.7 Å². The van der Waals surface area contributed by atoms with Crippen LogP contribution in [0.2, 0.25) is 5.15 Å². The van der Waals surface area contributed by atoms with E-state index in [9.17, 15) is 0 Å². The first-order valence-electron chi connectivity index (χ1n) is 7.61. The Balaban J connectivity index is 2.11. The van der Waals surface area contributed by atoms with Crippen LogP contribution in [0.25, 0.3) is 0 Å². The lowest BCUT2D eigenvalue weighted by Gasteiger charge is -2.32. The number of nitrogens with zero attached hydrogens (tertiary/aromatic N) is 3. The fourth-order valence-corrected chi connectivity index (χ4v) is 3.07. The third-order valence-corrected chi connectivity index (χ3v) is 3.77. The number of nitrogens with one attached hydrogen (secondary N) is 2. The van der Waals surface area contributed by atoms with Gasteiger partial charge in [0.2, 0.25) is 5.95 Å². The van der Waals surface area contributed by atoms with Gasteiger partial charge in [-0.3, -0.25) is 0 Å². The minimum absolute atomic E-state index is 0.117. The summed E-state index contributed by atoms with van der Waals surface area (Å²) in [6, 6.07) is 1.81. The van der Waals surface area contributed by atoms with Crippen LogP contribution in [-0.2, 0) is 0 Å². The van der Waals surface area contributed by atoms with E-state index >= 15 is 0 Å². The van der Waals surface area contributed by atoms with Crippen molar-refractivity contribution >= 4 is 40.7 Å². The van der Waals surface area contributed by atoms with Gasteiger partial charge in [-0.05, 0) is 51.7 Å². The molecule has 1 saturated heterocycles. The highest BCUT2D eigenvalue weighted by molar-refractivity contribution is 7.80. The quantitative estimate of drug-likeness (QED) is 0.634. The lowest BCUT2D eigenvalue weighted by Crippen LogP contribution is -2.43. The second-order valence-corrected chi connectivity index (χ2v) is 7.69. The van der Waals surface area contributed by atoms with Crippen LogP contribution >= 0.6 is 23.8 Å². The maximum Gasteiger partial charge on any atom is 0.232 e. The molecular weight excluding hydrogens is 318 g/mol. The molecule has 1 aromatic rings. The van der Waals surface area contributed by atoms with Crippen LogP contribution in [0.15, 0.2) is 6.07 Å². The van der Waals surface area contributed by atoms with Crippen LogP contribution in [0, 0.1) is 5.92 Å². The molecule has 1 fully saturated rings. The van der Waals surface area contributed by atoms with Crippen molar-refractivity contribution in [3.63, 3.8) is 0 Å². The lowest BCUT2D eigenvalue weighted by atomic mass is 10.0. The summed E-state index contributed by atoms with van der Waals surface area (Å²) in [7, 11) is 0. The van der Waals surface area contributed by atoms with E-state index in [1.54, 1.807) is 0 Å². The van der Waals surface area contributed by atoms with Gasteiger partial charge in [0.25, 0.3) is 0 Å². The van der Waals surface area contributed by atoms with E-state index in [-0.39, 0.29) is 5.54 Å². The first-order valence-corrected chi connectivity index (χ1v) is 8.40. The van der Waals surface area contributed by atoms with Gasteiger partial charge in [-0.25, -0.2) is 4.98 Å². The van der Waals surface area contributed by atoms with Gasteiger partial charge in [0.05, 0.1) is 0 Å². The summed E-state index contributed by atoms with van der Waals surface area (Å²) in [5, 5.41) is 7.11. The first-order chi connectivity index (χ1) is 10.2. The average molecular weight is 342 g/mol. The number of halogens is 1. The van der Waals surface area contributed by atoms with E-state index in [0.29, 0.717) is 22.1 Å². The molecule has 2 rings (SSSR count). The molecule has 1 aromatic heterocycles. The summed E-state index contributed by atoms with van der Waals surface area (Å²) in [5.74, 6) is 1.96. The van der Waals surface area contributed by atoms with Gasteiger partial charge in [0, 0.05) is 24.7 Å². The Kier molecular flexibility index (Phi) is 5.45. The standard InChI is InChI=1S/C15H24ClN5S/c1-10-6-5-7-21(9-10)12-8-11(16)17-13(18-12)19-14(22)20-15(2,3)4/h8,10H,5-7,9H2,1-4H3,(H2,17,18,19,20,22). The fourth-order valence-electron chi connectivity index (χ4n) is 2.49. The predicted octanol–water partition coefficient (Wildman–Crippen LogP) is 3.45. The second kappa shape index (κ2) is 6.96. The molecule has 1 aliphatic heterocycles. The van der Waals surface area contributed by atoms with Crippen molar-refractivity contribution in [2.75, 3.05) is 23.3 Å². The van der Waals surface area contributed by atoms with Crippen molar-refractivity contribution in [3.8, 4) is 0 Å². The summed E-state index contributed by atoms with van der Waals surface area (Å²) in [5.41, 5.74) is -0.117. The van der Waals surface area contributed by atoms with Crippen molar-refractivity contribution in [3.05, 3.63) is 11.2 Å². The number of aromatic nitrogens is 2. The topological polar surface area (TPSA) is 53.1 Å². The Morgan fingerprint density at radius 3 is 2.77 bits per heavy atom. The second-order valence-electron chi connectivity index (χ2n) is 6.90. The molecule has 0 radical (unpaired) electrons. The monoisotopic (exact) mass is 341 g/mol. The predicted molar refractivity (Wildman–Crippen MR) is 96.8 cm³/mol. The average Bonchev–Trinajstić information content (AvgIpc) is 2.35. The molecule has 2 N–H and O–H groups in total. The van der Waals surface area contributed by atoms with Crippen molar-refractivity contribution in [1.29, 1.82) is 0 Å². The van der Waals surface area contributed by atoms with E-state index in [0.717, 1.165) is 18.9 Å². The van der Waals surface area contributed by atoms with Crippen molar-refractivity contribution < 1.29 is 0 Å². The third-order valence-electron chi connectivity index (χ3n) is 3.38. The van der Waals surface area contributed by atoms with Gasteiger partial charge in [-0.15, -0.1) is 0 Å². The van der Waals surface area contributed by atoms with Crippen molar-refractivity contribution in [2.24, 2.45) is 5.92 Å². The number of thiocarbonyl (C=S) groups is 1. The summed E-state index contributed by atoms with van der Waals surface area (Å²) < 4.78 is 0. The normalized spacial score (nSPS) is 19.0. The highest BCUT2D eigenvalue weighted by Crippen LogP contribution is 2.24. The molecule has 0 aliphatic carbocycles. The third kappa shape index (κ3) is 5.25. The molecule has 0 spiro atoms. The molecule has 1 unspecified atom stereocenters. The summed E-state index contributed by atoms with van der Waals surface area (Å²) in [6.45, 7) is 10.4. The molecule has 122 valence electrons. The van der Waals surface area contributed by atoms with Crippen LogP contribution < -0.4 is 15.5 Å². The number of rotatable bonds is 2. The molecule has 0 aromatic carbocycles. The summed E-state index contributed by atoms with van der Waals surface area (Å²) in [4.78, 5) is 11.0. The highest BCUT2D eigenvalue weighted by Gasteiger charge is 2.19. The lowest BCUT2D eigenvalue weighted by molar-refractivity contribution is 0.444. The van der Waals surface area contributed by atoms with E-state index in [2.05, 4.69) is 32.4 Å². The van der Waals surface area contributed by atoms with E-state index in [4.69, 9.17) is 23.8 Å². The van der Waals surface area contributed by atoms with Crippen LogP contribution in [0.4, 0.5) is 11.8 Å². The van der Waals surface area contributed by atoms with Gasteiger partial charge >= 0.3 is 0 Å². The minimum atomic E-state index is -0.117. The van der Waals surface area contributed by atoms with Gasteiger partial charge < -0.3 is 15.5 Å². The molecule has 0 bridgehead atoms. The molecule has 7 heteroatoms. The molecule has 1 atom stereocenters. The Morgan fingerprint density at radius 1 is 1.41 bits per heavy atom. The summed E-state index contributed by atoms with van der Waals surface area (Å²) in [6.07, 6.45) is 2.44. The van der Waals surface area contributed by atoms with Gasteiger partial charge in [0.15, 0.2) is 5.11 Å². The molecule has 1 aliphatic rings. The zero-order chi connectivity index (χ0) is 16.3. The maximum absolute atomic E-state index is 6.14. The zero-order valence-corrected chi connectivity index (χ0v) is 15.2. The highest BCUT2D eigenvalue weighted by atomic mass is 35.5. The van der Waals surface area contributed by atoms with Crippen molar-refractivity contribution in [1.82, 2.24) is 15.3 Å². The Morgan fingerprint density at radius 2 is 2.14 bits per heavy atom. The zero-order valence-electron chi connectivity index (χ0n) is 13.6. The van der Waals surface area contributed by atoms with Gasteiger partial charge in [-0.1, -0.05) is 18.5 Å². The number of anilines is 2. The first kappa shape index (κ1) is 17.2. The Bertz CT molecular complexity index is 543. The van der Waals surface area contributed by atoms with Crippen LogP contribution in [0.5, 0.6) is 0 Å². The smallest absolute Gasteiger partial charge is 0.232 e. The van der Waals surface area contributed by atoms with Crippen LogP contribution in [0.3, 0.4) is 0 Å². The van der Waals surface area contributed by atoms with Gasteiger partial charge in [0.1, 0.15) is 11.0 Å². The molecular formula is C15H24ClN5S. The maximum atomic E-state index is 6.14.